The van der Waals surface area contributed by atoms with Crippen molar-refractivity contribution in [3.05, 3.63) is 29.8 Å². The number of ether oxygens (including phenoxy) is 1. The summed E-state index contributed by atoms with van der Waals surface area (Å²) >= 11 is 0. The molecule has 0 radical (unpaired) electrons. The second-order valence-corrected chi connectivity index (χ2v) is 3.54. The average Bonchev–Trinajstić information content (AvgIpc) is 2.26. The summed E-state index contributed by atoms with van der Waals surface area (Å²) in [4.78, 5) is 0. The maximum atomic E-state index is 5.10. The monoisotopic (exact) mass is 193 g/mol. The summed E-state index contributed by atoms with van der Waals surface area (Å²) in [5, 5.41) is 3.45. The van der Waals surface area contributed by atoms with E-state index < -0.39 is 0 Å². The zero-order valence-electron chi connectivity index (χ0n) is 9.21. The minimum Gasteiger partial charge on any atom is -0.497 e. The van der Waals surface area contributed by atoms with E-state index in [4.69, 9.17) is 4.74 Å². The molecule has 1 rings (SSSR count). The molecular weight excluding hydrogens is 174 g/mol. The van der Waals surface area contributed by atoms with E-state index in [1.54, 1.807) is 7.11 Å². The molecule has 0 heterocycles. The quantitative estimate of drug-likeness (QED) is 0.776. The zero-order chi connectivity index (χ0) is 10.4. The number of hydrogen-bond donors (Lipinski definition) is 1. The number of rotatable bonds is 5. The maximum absolute atomic E-state index is 5.10. The van der Waals surface area contributed by atoms with Gasteiger partial charge in [-0.3, -0.25) is 0 Å². The van der Waals surface area contributed by atoms with Crippen LogP contribution < -0.4 is 10.1 Å². The van der Waals surface area contributed by atoms with Gasteiger partial charge in [-0.1, -0.05) is 19.1 Å². The number of nitrogens with one attached hydrogen (secondary N) is 1. The van der Waals surface area contributed by atoms with Crippen molar-refractivity contribution in [1.29, 1.82) is 0 Å². The standard InChI is InChI=1S/C12H19NO/c1-4-10(2)13-9-11-5-7-12(14-3)8-6-11/h5-8,10,13H,4,9H2,1-3H3/t10-/m0/s1. The summed E-state index contributed by atoms with van der Waals surface area (Å²) in [7, 11) is 1.69. The van der Waals surface area contributed by atoms with E-state index in [-0.39, 0.29) is 0 Å². The van der Waals surface area contributed by atoms with Crippen LogP contribution in [0, 0.1) is 0 Å². The Labute approximate surface area is 86.3 Å². The molecule has 2 nitrogen and oxygen atoms in total. The first-order valence-electron chi connectivity index (χ1n) is 5.12. The van der Waals surface area contributed by atoms with Gasteiger partial charge in [0.25, 0.3) is 0 Å². The van der Waals surface area contributed by atoms with E-state index in [0.717, 1.165) is 18.7 Å². The second-order valence-electron chi connectivity index (χ2n) is 3.54. The first-order valence-corrected chi connectivity index (χ1v) is 5.12. The predicted octanol–water partition coefficient (Wildman–Crippen LogP) is 2.58. The summed E-state index contributed by atoms with van der Waals surface area (Å²) < 4.78 is 5.10. The molecule has 78 valence electrons. The molecule has 1 atom stereocenters. The van der Waals surface area contributed by atoms with Gasteiger partial charge in [0.05, 0.1) is 7.11 Å². The Kier molecular flexibility index (Phi) is 4.47. The number of benzene rings is 1. The van der Waals surface area contributed by atoms with E-state index in [9.17, 15) is 0 Å². The van der Waals surface area contributed by atoms with Gasteiger partial charge in [-0.15, -0.1) is 0 Å². The fourth-order valence-corrected chi connectivity index (χ4v) is 1.18. The van der Waals surface area contributed by atoms with Crippen molar-refractivity contribution in [3.63, 3.8) is 0 Å². The number of methoxy groups -OCH3 is 1. The highest BCUT2D eigenvalue weighted by Crippen LogP contribution is 2.11. The SMILES string of the molecule is CC[C@H](C)NCc1ccc(OC)cc1. The highest BCUT2D eigenvalue weighted by Gasteiger charge is 1.98. The van der Waals surface area contributed by atoms with Crippen molar-refractivity contribution in [1.82, 2.24) is 5.32 Å². The predicted molar refractivity (Wildman–Crippen MR) is 59.6 cm³/mol. The molecule has 1 aromatic rings. The van der Waals surface area contributed by atoms with Gasteiger partial charge in [-0.25, -0.2) is 0 Å². The van der Waals surface area contributed by atoms with Crippen molar-refractivity contribution in [2.24, 2.45) is 0 Å². The molecule has 2 heteroatoms. The van der Waals surface area contributed by atoms with Crippen LogP contribution in [-0.4, -0.2) is 13.2 Å². The van der Waals surface area contributed by atoms with Crippen LogP contribution in [0.15, 0.2) is 24.3 Å². The minimum atomic E-state index is 0.581. The molecule has 0 aliphatic carbocycles. The molecule has 1 aromatic carbocycles. The van der Waals surface area contributed by atoms with Crippen molar-refractivity contribution in [2.45, 2.75) is 32.9 Å². The lowest BCUT2D eigenvalue weighted by Gasteiger charge is -2.11. The normalized spacial score (nSPS) is 12.5. The molecule has 0 saturated heterocycles. The lowest BCUT2D eigenvalue weighted by molar-refractivity contribution is 0.414. The summed E-state index contributed by atoms with van der Waals surface area (Å²) in [5.74, 6) is 0.914. The van der Waals surface area contributed by atoms with Gasteiger partial charge in [0.15, 0.2) is 0 Å². The molecule has 0 amide bonds. The van der Waals surface area contributed by atoms with Crippen LogP contribution in [0.5, 0.6) is 5.75 Å². The van der Waals surface area contributed by atoms with E-state index in [0.29, 0.717) is 6.04 Å². The Morgan fingerprint density at radius 2 is 1.93 bits per heavy atom. The fraction of sp³-hybridized carbons (Fsp3) is 0.500. The van der Waals surface area contributed by atoms with Crippen LogP contribution in [0.4, 0.5) is 0 Å². The molecule has 0 unspecified atom stereocenters. The number of hydrogen-bond acceptors (Lipinski definition) is 2. The van der Waals surface area contributed by atoms with Crippen LogP contribution in [0.1, 0.15) is 25.8 Å². The Hall–Kier alpha value is -1.02. The molecule has 0 fully saturated rings. The van der Waals surface area contributed by atoms with Crippen molar-refractivity contribution in [2.75, 3.05) is 7.11 Å². The summed E-state index contributed by atoms with van der Waals surface area (Å²) in [6.07, 6.45) is 1.16. The van der Waals surface area contributed by atoms with Crippen molar-refractivity contribution in [3.8, 4) is 5.75 Å². The van der Waals surface area contributed by atoms with Crippen LogP contribution in [-0.2, 0) is 6.54 Å². The van der Waals surface area contributed by atoms with Gasteiger partial charge in [0.1, 0.15) is 5.75 Å². The van der Waals surface area contributed by atoms with Gasteiger partial charge in [-0.05, 0) is 31.0 Å². The van der Waals surface area contributed by atoms with E-state index in [1.165, 1.54) is 5.56 Å². The molecule has 0 saturated carbocycles. The molecule has 0 aliphatic heterocycles. The third-order valence-corrected chi connectivity index (χ3v) is 2.43. The third-order valence-electron chi connectivity index (χ3n) is 2.43. The van der Waals surface area contributed by atoms with E-state index >= 15 is 0 Å². The Balaban J connectivity index is 2.43. The van der Waals surface area contributed by atoms with E-state index in [1.807, 2.05) is 12.1 Å². The van der Waals surface area contributed by atoms with Gasteiger partial charge in [0.2, 0.25) is 0 Å². The third kappa shape index (κ3) is 3.38. The van der Waals surface area contributed by atoms with Gasteiger partial charge in [-0.2, -0.15) is 0 Å². The van der Waals surface area contributed by atoms with Gasteiger partial charge < -0.3 is 10.1 Å². The lowest BCUT2D eigenvalue weighted by atomic mass is 10.2. The molecule has 1 N–H and O–H groups in total. The fourth-order valence-electron chi connectivity index (χ4n) is 1.18. The smallest absolute Gasteiger partial charge is 0.118 e. The topological polar surface area (TPSA) is 21.3 Å². The Bertz CT molecular complexity index is 256. The lowest BCUT2D eigenvalue weighted by Crippen LogP contribution is -2.24. The summed E-state index contributed by atoms with van der Waals surface area (Å²) in [6, 6.07) is 8.75. The highest BCUT2D eigenvalue weighted by atomic mass is 16.5. The van der Waals surface area contributed by atoms with Crippen molar-refractivity contribution >= 4 is 0 Å². The minimum absolute atomic E-state index is 0.581. The van der Waals surface area contributed by atoms with Crippen molar-refractivity contribution < 1.29 is 4.74 Å². The highest BCUT2D eigenvalue weighted by molar-refractivity contribution is 5.26. The Morgan fingerprint density at radius 3 is 2.43 bits per heavy atom. The maximum Gasteiger partial charge on any atom is 0.118 e. The zero-order valence-corrected chi connectivity index (χ0v) is 9.21. The molecule has 0 aliphatic rings. The van der Waals surface area contributed by atoms with Crippen LogP contribution in [0.2, 0.25) is 0 Å². The Morgan fingerprint density at radius 1 is 1.29 bits per heavy atom. The van der Waals surface area contributed by atoms with Gasteiger partial charge >= 0.3 is 0 Å². The second kappa shape index (κ2) is 5.66. The first-order chi connectivity index (χ1) is 6.76. The van der Waals surface area contributed by atoms with Crippen LogP contribution in [0.3, 0.4) is 0 Å². The molecule has 0 spiro atoms. The molecule has 14 heavy (non-hydrogen) atoms. The van der Waals surface area contributed by atoms with Crippen LogP contribution >= 0.6 is 0 Å². The van der Waals surface area contributed by atoms with E-state index in [2.05, 4.69) is 31.3 Å². The summed E-state index contributed by atoms with van der Waals surface area (Å²) in [6.45, 7) is 5.31. The molecule has 0 aromatic heterocycles. The van der Waals surface area contributed by atoms with Crippen LogP contribution in [0.25, 0.3) is 0 Å². The largest absolute Gasteiger partial charge is 0.497 e. The molecule has 0 bridgehead atoms. The molecular formula is C12H19NO. The average molecular weight is 193 g/mol. The summed E-state index contributed by atoms with van der Waals surface area (Å²) in [5.41, 5.74) is 1.30. The van der Waals surface area contributed by atoms with Gasteiger partial charge in [0, 0.05) is 12.6 Å². The first kappa shape index (κ1) is 11.1.